The van der Waals surface area contributed by atoms with Gasteiger partial charge >= 0.3 is 0 Å². The van der Waals surface area contributed by atoms with Gasteiger partial charge in [-0.1, -0.05) is 26.8 Å². The van der Waals surface area contributed by atoms with Crippen LogP contribution in [0, 0.1) is 17.0 Å². The Hall–Kier alpha value is -0.960. The number of rotatable bonds is 3. The molecule has 2 atom stereocenters. The average molecular weight is 239 g/mol. The van der Waals surface area contributed by atoms with Crippen molar-refractivity contribution in [3.8, 4) is 0 Å². The fraction of sp³-hybridized carbons (Fsp3) is 0.571. The van der Waals surface area contributed by atoms with Gasteiger partial charge in [-0.3, -0.25) is 0 Å². The molecular formula is C14H19F2N. The summed E-state index contributed by atoms with van der Waals surface area (Å²) in [6.07, 6.45) is 0.920. The van der Waals surface area contributed by atoms with E-state index >= 15 is 0 Å². The van der Waals surface area contributed by atoms with E-state index in [-0.39, 0.29) is 11.3 Å². The first-order chi connectivity index (χ1) is 7.96. The van der Waals surface area contributed by atoms with Gasteiger partial charge in [0.15, 0.2) is 0 Å². The molecule has 94 valence electrons. The maximum Gasteiger partial charge on any atom is 0.129 e. The largest absolute Gasteiger partial charge is 0.314 e. The molecule has 0 amide bonds. The van der Waals surface area contributed by atoms with Crippen molar-refractivity contribution >= 4 is 0 Å². The first kappa shape index (κ1) is 12.5. The van der Waals surface area contributed by atoms with Crippen molar-refractivity contribution in [1.29, 1.82) is 0 Å². The molecule has 1 aromatic rings. The monoisotopic (exact) mass is 239 g/mol. The third-order valence-corrected chi connectivity index (χ3v) is 4.06. The first-order valence-corrected chi connectivity index (χ1v) is 6.15. The summed E-state index contributed by atoms with van der Waals surface area (Å²) >= 11 is 0. The molecule has 1 aliphatic rings. The van der Waals surface area contributed by atoms with Gasteiger partial charge in [0.2, 0.25) is 0 Å². The van der Waals surface area contributed by atoms with E-state index in [9.17, 15) is 8.78 Å². The van der Waals surface area contributed by atoms with Crippen LogP contribution >= 0.6 is 0 Å². The summed E-state index contributed by atoms with van der Waals surface area (Å²) in [7, 11) is 0. The Morgan fingerprint density at radius 1 is 1.35 bits per heavy atom. The van der Waals surface area contributed by atoms with E-state index in [1.54, 1.807) is 6.07 Å². The van der Waals surface area contributed by atoms with Gasteiger partial charge in [-0.2, -0.15) is 0 Å². The normalized spacial score (nSPS) is 26.6. The number of hydrogen-bond acceptors (Lipinski definition) is 1. The van der Waals surface area contributed by atoms with E-state index in [4.69, 9.17) is 0 Å². The lowest BCUT2D eigenvalue weighted by Gasteiger charge is -2.53. The Balaban J connectivity index is 2.20. The van der Waals surface area contributed by atoms with Crippen LogP contribution in [0.5, 0.6) is 0 Å². The standard InChI is InChI=1S/C14H19F2N/c1-4-17-13-8-11(14(13,2)3)10-6-5-9(15)7-12(10)16/h5-7,11,13,17H,4,8H2,1-3H3. The molecule has 0 heterocycles. The minimum Gasteiger partial charge on any atom is -0.314 e. The highest BCUT2D eigenvalue weighted by atomic mass is 19.1. The highest BCUT2D eigenvalue weighted by Gasteiger charge is 2.48. The van der Waals surface area contributed by atoms with Crippen molar-refractivity contribution in [2.24, 2.45) is 5.41 Å². The lowest BCUT2D eigenvalue weighted by atomic mass is 9.56. The summed E-state index contributed by atoms with van der Waals surface area (Å²) in [6, 6.07) is 4.32. The van der Waals surface area contributed by atoms with Crippen molar-refractivity contribution in [3.05, 3.63) is 35.4 Å². The molecule has 0 radical (unpaired) electrons. The maximum atomic E-state index is 13.7. The van der Waals surface area contributed by atoms with Crippen LogP contribution in [0.25, 0.3) is 0 Å². The number of nitrogens with one attached hydrogen (secondary N) is 1. The molecule has 0 saturated heterocycles. The molecule has 1 aromatic carbocycles. The van der Waals surface area contributed by atoms with Crippen LogP contribution in [0.3, 0.4) is 0 Å². The fourth-order valence-electron chi connectivity index (χ4n) is 2.83. The third-order valence-electron chi connectivity index (χ3n) is 4.06. The van der Waals surface area contributed by atoms with Crippen molar-refractivity contribution in [1.82, 2.24) is 5.32 Å². The summed E-state index contributed by atoms with van der Waals surface area (Å²) in [5.41, 5.74) is 0.667. The molecule has 1 fully saturated rings. The van der Waals surface area contributed by atoms with E-state index in [1.165, 1.54) is 6.07 Å². The minimum absolute atomic E-state index is 0.0225. The second-order valence-corrected chi connectivity index (χ2v) is 5.39. The van der Waals surface area contributed by atoms with Gasteiger partial charge in [0.25, 0.3) is 0 Å². The van der Waals surface area contributed by atoms with E-state index in [0.29, 0.717) is 11.6 Å². The smallest absolute Gasteiger partial charge is 0.129 e. The van der Waals surface area contributed by atoms with Crippen molar-refractivity contribution < 1.29 is 8.78 Å². The fourth-order valence-corrected chi connectivity index (χ4v) is 2.83. The van der Waals surface area contributed by atoms with Gasteiger partial charge < -0.3 is 5.32 Å². The third kappa shape index (κ3) is 2.08. The number of halogens is 2. The van der Waals surface area contributed by atoms with Crippen molar-refractivity contribution in [3.63, 3.8) is 0 Å². The van der Waals surface area contributed by atoms with Gasteiger partial charge in [-0.25, -0.2) is 8.78 Å². The Labute approximate surface area is 101 Å². The molecule has 2 unspecified atom stereocenters. The van der Waals surface area contributed by atoms with Gasteiger partial charge in [0, 0.05) is 12.1 Å². The van der Waals surface area contributed by atoms with E-state index < -0.39 is 11.6 Å². The maximum absolute atomic E-state index is 13.7. The molecule has 0 spiro atoms. The van der Waals surface area contributed by atoms with E-state index in [1.807, 2.05) is 0 Å². The Morgan fingerprint density at radius 2 is 2.06 bits per heavy atom. The molecule has 0 bridgehead atoms. The quantitative estimate of drug-likeness (QED) is 0.851. The summed E-state index contributed by atoms with van der Waals surface area (Å²) in [5.74, 6) is -0.753. The molecule has 3 heteroatoms. The Morgan fingerprint density at radius 3 is 2.59 bits per heavy atom. The zero-order chi connectivity index (χ0) is 12.6. The summed E-state index contributed by atoms with van der Waals surface area (Å²) in [5, 5.41) is 3.41. The lowest BCUT2D eigenvalue weighted by molar-refractivity contribution is 0.0683. The van der Waals surface area contributed by atoms with Crippen LogP contribution in [0.1, 0.15) is 38.7 Å². The highest BCUT2D eigenvalue weighted by Crippen LogP contribution is 2.52. The highest BCUT2D eigenvalue weighted by molar-refractivity contribution is 5.29. The molecule has 0 aromatic heterocycles. The summed E-state index contributed by atoms with van der Waals surface area (Å²) in [4.78, 5) is 0. The van der Waals surface area contributed by atoms with Gasteiger partial charge in [0.1, 0.15) is 11.6 Å². The van der Waals surface area contributed by atoms with Crippen LogP contribution in [-0.4, -0.2) is 12.6 Å². The Bertz CT molecular complexity index is 415. The van der Waals surface area contributed by atoms with Gasteiger partial charge in [0.05, 0.1) is 0 Å². The zero-order valence-electron chi connectivity index (χ0n) is 10.6. The van der Waals surface area contributed by atoms with Gasteiger partial charge in [-0.05, 0) is 35.9 Å². The SMILES string of the molecule is CCNC1CC(c2ccc(F)cc2F)C1(C)C. The van der Waals surface area contributed by atoms with Crippen molar-refractivity contribution in [2.75, 3.05) is 6.54 Å². The lowest BCUT2D eigenvalue weighted by Crippen LogP contribution is -2.55. The van der Waals surface area contributed by atoms with Crippen LogP contribution in [-0.2, 0) is 0 Å². The predicted molar refractivity (Wildman–Crippen MR) is 65.0 cm³/mol. The minimum atomic E-state index is -0.508. The molecule has 1 nitrogen and oxygen atoms in total. The number of benzene rings is 1. The van der Waals surface area contributed by atoms with E-state index in [2.05, 4.69) is 26.1 Å². The zero-order valence-corrected chi connectivity index (χ0v) is 10.6. The molecular weight excluding hydrogens is 220 g/mol. The molecule has 17 heavy (non-hydrogen) atoms. The number of hydrogen-bond donors (Lipinski definition) is 1. The molecule has 1 saturated carbocycles. The first-order valence-electron chi connectivity index (χ1n) is 6.15. The van der Waals surface area contributed by atoms with E-state index in [0.717, 1.165) is 19.0 Å². The van der Waals surface area contributed by atoms with Crippen LogP contribution in [0.2, 0.25) is 0 Å². The molecule has 2 rings (SSSR count). The van der Waals surface area contributed by atoms with Crippen LogP contribution in [0.4, 0.5) is 8.78 Å². The topological polar surface area (TPSA) is 12.0 Å². The van der Waals surface area contributed by atoms with Crippen LogP contribution in [0.15, 0.2) is 18.2 Å². The van der Waals surface area contributed by atoms with Gasteiger partial charge in [-0.15, -0.1) is 0 Å². The predicted octanol–water partition coefficient (Wildman–Crippen LogP) is 3.46. The molecule has 1 N–H and O–H groups in total. The second kappa shape index (κ2) is 4.37. The van der Waals surface area contributed by atoms with Crippen molar-refractivity contribution in [2.45, 2.75) is 39.2 Å². The summed E-state index contributed by atoms with van der Waals surface area (Å²) in [6.45, 7) is 7.27. The Kier molecular flexibility index (Phi) is 3.21. The van der Waals surface area contributed by atoms with Crippen LogP contribution < -0.4 is 5.32 Å². The average Bonchev–Trinajstić information content (AvgIpc) is 2.25. The second-order valence-electron chi connectivity index (χ2n) is 5.39. The molecule has 0 aliphatic heterocycles. The summed E-state index contributed by atoms with van der Waals surface area (Å²) < 4.78 is 26.6. The molecule has 1 aliphatic carbocycles.